The maximum absolute atomic E-state index is 13.0. The van der Waals surface area contributed by atoms with Crippen LogP contribution in [0.1, 0.15) is 20.8 Å². The molecular weight excluding hydrogens is 375 g/mol. The molecule has 0 aliphatic carbocycles. The highest BCUT2D eigenvalue weighted by Crippen LogP contribution is 2.15. The molecule has 0 unspecified atom stereocenters. The molecular formula is C17H26FN4O4S+. The third kappa shape index (κ3) is 6.26. The Morgan fingerprint density at radius 1 is 1.15 bits per heavy atom. The largest absolute Gasteiger partial charge is 0.333 e. The van der Waals surface area contributed by atoms with Crippen molar-refractivity contribution in [2.24, 2.45) is 0 Å². The van der Waals surface area contributed by atoms with Crippen LogP contribution < -0.4 is 15.5 Å². The van der Waals surface area contributed by atoms with Crippen LogP contribution in [0.2, 0.25) is 0 Å². The lowest BCUT2D eigenvalue weighted by Crippen LogP contribution is -3.15. The van der Waals surface area contributed by atoms with Gasteiger partial charge in [-0.1, -0.05) is 0 Å². The maximum Gasteiger partial charge on any atom is 0.322 e. The third-order valence-corrected chi connectivity index (χ3v) is 5.95. The summed E-state index contributed by atoms with van der Waals surface area (Å²) in [6, 6.07) is 4.16. The van der Waals surface area contributed by atoms with E-state index in [2.05, 4.69) is 10.6 Å². The van der Waals surface area contributed by atoms with Gasteiger partial charge >= 0.3 is 6.03 Å². The van der Waals surface area contributed by atoms with Crippen molar-refractivity contribution in [1.82, 2.24) is 14.9 Å². The number of carbonyl (C=O) groups is 2. The predicted molar refractivity (Wildman–Crippen MR) is 97.1 cm³/mol. The molecule has 2 rings (SSSR count). The van der Waals surface area contributed by atoms with Crippen molar-refractivity contribution in [3.05, 3.63) is 30.1 Å². The Morgan fingerprint density at radius 2 is 1.70 bits per heavy atom. The van der Waals surface area contributed by atoms with Gasteiger partial charge in [-0.2, -0.15) is 4.31 Å². The first-order valence-electron chi connectivity index (χ1n) is 8.69. The van der Waals surface area contributed by atoms with Gasteiger partial charge in [0.15, 0.2) is 6.54 Å². The predicted octanol–water partition coefficient (Wildman–Crippen LogP) is -0.661. The van der Waals surface area contributed by atoms with E-state index in [1.165, 1.54) is 16.4 Å². The van der Waals surface area contributed by atoms with Crippen LogP contribution in [0.15, 0.2) is 29.2 Å². The Morgan fingerprint density at radius 3 is 2.22 bits per heavy atom. The number of hydrogen-bond donors (Lipinski definition) is 3. The number of imide groups is 1. The zero-order chi connectivity index (χ0) is 20.2. The number of halogens is 1. The third-order valence-electron chi connectivity index (χ3n) is 4.03. The average molecular weight is 401 g/mol. The van der Waals surface area contributed by atoms with Gasteiger partial charge in [-0.15, -0.1) is 0 Å². The molecule has 0 aromatic heterocycles. The van der Waals surface area contributed by atoms with E-state index in [1.807, 2.05) is 20.8 Å². The molecule has 150 valence electrons. The van der Waals surface area contributed by atoms with Gasteiger partial charge in [0.1, 0.15) is 5.82 Å². The summed E-state index contributed by atoms with van der Waals surface area (Å²) in [6.07, 6.45) is 0. The molecule has 1 fully saturated rings. The Hall–Kier alpha value is -2.04. The summed E-state index contributed by atoms with van der Waals surface area (Å²) in [4.78, 5) is 24.6. The molecule has 1 heterocycles. The molecule has 0 atom stereocenters. The van der Waals surface area contributed by atoms with E-state index in [0.717, 1.165) is 17.0 Å². The standard InChI is InChI=1S/C17H25FN4O4S/c1-17(2,3)20-16(24)19-15(23)12-21-8-10-22(11-9-21)27(25,26)14-6-4-13(18)5-7-14/h4-7H,8-12H2,1-3H3,(H2,19,20,23,24)/p+1. The highest BCUT2D eigenvalue weighted by Gasteiger charge is 2.31. The number of carbonyl (C=O) groups excluding carboxylic acids is 2. The monoisotopic (exact) mass is 401 g/mol. The summed E-state index contributed by atoms with van der Waals surface area (Å²) >= 11 is 0. The number of quaternary nitrogens is 1. The molecule has 0 bridgehead atoms. The molecule has 1 aliphatic rings. The summed E-state index contributed by atoms with van der Waals surface area (Å²) < 4.78 is 39.5. The van der Waals surface area contributed by atoms with Crippen LogP contribution in [0.5, 0.6) is 0 Å². The van der Waals surface area contributed by atoms with E-state index >= 15 is 0 Å². The van der Waals surface area contributed by atoms with Gasteiger partial charge in [0.25, 0.3) is 5.91 Å². The normalized spacial score (nSPS) is 16.7. The van der Waals surface area contributed by atoms with Crippen molar-refractivity contribution in [3.63, 3.8) is 0 Å². The number of sulfonamides is 1. The first-order chi connectivity index (χ1) is 12.5. The van der Waals surface area contributed by atoms with Crippen LogP contribution in [0.3, 0.4) is 0 Å². The van der Waals surface area contributed by atoms with Gasteiger partial charge in [-0.25, -0.2) is 17.6 Å². The minimum absolute atomic E-state index is 0.0453. The second-order valence-corrected chi connectivity index (χ2v) is 9.48. The van der Waals surface area contributed by atoms with Crippen molar-refractivity contribution in [2.75, 3.05) is 32.7 Å². The van der Waals surface area contributed by atoms with Crippen LogP contribution in [0.4, 0.5) is 9.18 Å². The SMILES string of the molecule is CC(C)(C)NC(=O)NC(=O)C[NH+]1CCN(S(=O)(=O)c2ccc(F)cc2)CC1. The summed E-state index contributed by atoms with van der Waals surface area (Å²) in [5, 5.41) is 4.92. The Labute approximate surface area is 158 Å². The number of amides is 3. The second-order valence-electron chi connectivity index (χ2n) is 7.54. The van der Waals surface area contributed by atoms with Crippen LogP contribution >= 0.6 is 0 Å². The maximum atomic E-state index is 13.0. The van der Waals surface area contributed by atoms with E-state index in [4.69, 9.17) is 0 Å². The highest BCUT2D eigenvalue weighted by molar-refractivity contribution is 7.89. The number of urea groups is 1. The molecule has 1 aromatic rings. The van der Waals surface area contributed by atoms with Crippen LogP contribution in [0, 0.1) is 5.82 Å². The van der Waals surface area contributed by atoms with E-state index in [9.17, 15) is 22.4 Å². The molecule has 10 heteroatoms. The van der Waals surface area contributed by atoms with Crippen molar-refractivity contribution in [1.29, 1.82) is 0 Å². The quantitative estimate of drug-likeness (QED) is 0.624. The fourth-order valence-electron chi connectivity index (χ4n) is 2.74. The van der Waals surface area contributed by atoms with Gasteiger partial charge in [0.05, 0.1) is 31.1 Å². The van der Waals surface area contributed by atoms with Crippen LogP contribution in [-0.2, 0) is 14.8 Å². The van der Waals surface area contributed by atoms with E-state index in [0.29, 0.717) is 13.1 Å². The minimum atomic E-state index is -3.68. The van der Waals surface area contributed by atoms with Gasteiger partial charge in [-0.3, -0.25) is 10.1 Å². The zero-order valence-corrected chi connectivity index (χ0v) is 16.5. The highest BCUT2D eigenvalue weighted by atomic mass is 32.2. The topological polar surface area (TPSA) is 100 Å². The minimum Gasteiger partial charge on any atom is -0.333 e. The molecule has 27 heavy (non-hydrogen) atoms. The lowest BCUT2D eigenvalue weighted by Gasteiger charge is -2.31. The van der Waals surface area contributed by atoms with E-state index < -0.39 is 33.3 Å². The summed E-state index contributed by atoms with van der Waals surface area (Å²) in [5.41, 5.74) is -0.447. The molecule has 0 saturated carbocycles. The molecule has 3 N–H and O–H groups in total. The lowest BCUT2D eigenvalue weighted by molar-refractivity contribution is -0.895. The van der Waals surface area contributed by atoms with Gasteiger partial charge in [0, 0.05) is 5.54 Å². The Bertz CT molecular complexity index is 782. The molecule has 8 nitrogen and oxygen atoms in total. The summed E-state index contributed by atoms with van der Waals surface area (Å²) in [5.74, 6) is -0.911. The molecule has 0 spiro atoms. The first kappa shape index (κ1) is 21.3. The van der Waals surface area contributed by atoms with Crippen LogP contribution in [-0.4, -0.2) is 62.9 Å². The van der Waals surface area contributed by atoms with E-state index in [1.54, 1.807) is 0 Å². The van der Waals surface area contributed by atoms with Crippen molar-refractivity contribution >= 4 is 22.0 Å². The number of benzene rings is 1. The number of rotatable bonds is 4. The fourth-order valence-corrected chi connectivity index (χ4v) is 4.19. The summed E-state index contributed by atoms with van der Waals surface area (Å²) in [7, 11) is -3.68. The molecule has 1 aromatic carbocycles. The molecule has 0 radical (unpaired) electrons. The average Bonchev–Trinajstić information content (AvgIpc) is 2.53. The zero-order valence-electron chi connectivity index (χ0n) is 15.7. The number of piperazine rings is 1. The number of hydrogen-bond acceptors (Lipinski definition) is 4. The molecule has 1 aliphatic heterocycles. The molecule has 1 saturated heterocycles. The molecule has 3 amide bonds. The van der Waals surface area contributed by atoms with Crippen LogP contribution in [0.25, 0.3) is 0 Å². The lowest BCUT2D eigenvalue weighted by atomic mass is 10.1. The summed E-state index contributed by atoms with van der Waals surface area (Å²) in [6.45, 7) is 6.88. The Kier molecular flexibility index (Phi) is 6.55. The Balaban J connectivity index is 1.85. The first-order valence-corrected chi connectivity index (χ1v) is 10.1. The van der Waals surface area contributed by atoms with Crippen molar-refractivity contribution in [3.8, 4) is 0 Å². The number of nitrogens with zero attached hydrogens (tertiary/aromatic N) is 1. The van der Waals surface area contributed by atoms with E-state index in [-0.39, 0.29) is 24.5 Å². The van der Waals surface area contributed by atoms with Gasteiger partial charge in [-0.05, 0) is 45.0 Å². The van der Waals surface area contributed by atoms with Gasteiger partial charge in [0.2, 0.25) is 10.0 Å². The number of nitrogens with one attached hydrogen (secondary N) is 3. The van der Waals surface area contributed by atoms with Crippen molar-refractivity contribution < 1.29 is 27.3 Å². The van der Waals surface area contributed by atoms with Crippen molar-refractivity contribution in [2.45, 2.75) is 31.2 Å². The van der Waals surface area contributed by atoms with Gasteiger partial charge < -0.3 is 10.2 Å². The fraction of sp³-hybridized carbons (Fsp3) is 0.529. The smallest absolute Gasteiger partial charge is 0.322 e. The second kappa shape index (κ2) is 8.32.